The SMILES string of the molecule is Cc1cccc2cc3c(C(=O)O)cccc3cc12. The van der Waals surface area contributed by atoms with Crippen LogP contribution in [-0.2, 0) is 0 Å². The fourth-order valence-corrected chi connectivity index (χ4v) is 2.39. The highest BCUT2D eigenvalue weighted by Crippen LogP contribution is 2.27. The number of rotatable bonds is 1. The van der Waals surface area contributed by atoms with Gasteiger partial charge in [-0.3, -0.25) is 0 Å². The zero-order chi connectivity index (χ0) is 12.7. The average molecular weight is 236 g/mol. The lowest BCUT2D eigenvalue weighted by molar-refractivity contribution is 0.0699. The molecule has 0 aromatic heterocycles. The Morgan fingerprint density at radius 1 is 0.944 bits per heavy atom. The van der Waals surface area contributed by atoms with E-state index in [2.05, 4.69) is 19.1 Å². The van der Waals surface area contributed by atoms with E-state index in [4.69, 9.17) is 0 Å². The molecule has 88 valence electrons. The van der Waals surface area contributed by atoms with E-state index in [-0.39, 0.29) is 0 Å². The molecule has 0 unspecified atom stereocenters. The van der Waals surface area contributed by atoms with Gasteiger partial charge in [-0.2, -0.15) is 0 Å². The van der Waals surface area contributed by atoms with Gasteiger partial charge in [-0.15, -0.1) is 0 Å². The highest BCUT2D eigenvalue weighted by atomic mass is 16.4. The van der Waals surface area contributed by atoms with Crippen LogP contribution in [0.5, 0.6) is 0 Å². The van der Waals surface area contributed by atoms with Crippen molar-refractivity contribution in [2.45, 2.75) is 6.92 Å². The van der Waals surface area contributed by atoms with E-state index in [1.807, 2.05) is 24.3 Å². The van der Waals surface area contributed by atoms with E-state index in [9.17, 15) is 9.90 Å². The van der Waals surface area contributed by atoms with Gasteiger partial charge in [0.1, 0.15) is 0 Å². The predicted molar refractivity (Wildman–Crippen MR) is 73.2 cm³/mol. The van der Waals surface area contributed by atoms with Crippen LogP contribution in [0.1, 0.15) is 15.9 Å². The molecule has 2 heteroatoms. The van der Waals surface area contributed by atoms with Crippen molar-refractivity contribution in [2.24, 2.45) is 0 Å². The minimum absolute atomic E-state index is 0.357. The summed E-state index contributed by atoms with van der Waals surface area (Å²) >= 11 is 0. The van der Waals surface area contributed by atoms with Crippen molar-refractivity contribution in [1.29, 1.82) is 0 Å². The molecule has 2 nitrogen and oxygen atoms in total. The minimum atomic E-state index is -0.882. The standard InChI is InChI=1S/C16H12O2/c1-10-4-2-5-11-9-15-12(8-14(10)11)6-3-7-13(15)16(17)18/h2-9H,1H3,(H,17,18). The third kappa shape index (κ3) is 1.54. The second-order valence-electron chi connectivity index (χ2n) is 4.48. The number of aromatic carboxylic acids is 1. The molecule has 0 heterocycles. The van der Waals surface area contributed by atoms with Crippen molar-refractivity contribution < 1.29 is 9.90 Å². The largest absolute Gasteiger partial charge is 0.478 e. The number of benzene rings is 3. The van der Waals surface area contributed by atoms with Gasteiger partial charge in [0.05, 0.1) is 5.56 Å². The summed E-state index contributed by atoms with van der Waals surface area (Å²) in [5, 5.41) is 13.2. The maximum Gasteiger partial charge on any atom is 0.336 e. The molecule has 3 rings (SSSR count). The lowest BCUT2D eigenvalue weighted by Gasteiger charge is -2.07. The van der Waals surface area contributed by atoms with Crippen LogP contribution in [0.3, 0.4) is 0 Å². The van der Waals surface area contributed by atoms with Crippen LogP contribution >= 0.6 is 0 Å². The molecule has 0 atom stereocenters. The molecule has 0 fully saturated rings. The van der Waals surface area contributed by atoms with E-state index in [0.29, 0.717) is 5.56 Å². The van der Waals surface area contributed by atoms with Gasteiger partial charge in [-0.05, 0) is 52.2 Å². The van der Waals surface area contributed by atoms with E-state index in [1.54, 1.807) is 12.1 Å². The Kier molecular flexibility index (Phi) is 2.30. The molecule has 0 saturated carbocycles. The summed E-state index contributed by atoms with van der Waals surface area (Å²) in [6.07, 6.45) is 0. The van der Waals surface area contributed by atoms with Crippen LogP contribution < -0.4 is 0 Å². The number of carboxylic acid groups (broad SMARTS) is 1. The Morgan fingerprint density at radius 2 is 1.56 bits per heavy atom. The predicted octanol–water partition coefficient (Wildman–Crippen LogP) is 4.00. The number of carbonyl (C=O) groups is 1. The van der Waals surface area contributed by atoms with Crippen molar-refractivity contribution in [3.63, 3.8) is 0 Å². The first-order chi connectivity index (χ1) is 8.66. The number of carboxylic acids is 1. The Bertz CT molecular complexity index is 772. The van der Waals surface area contributed by atoms with Crippen LogP contribution in [0, 0.1) is 6.92 Å². The van der Waals surface area contributed by atoms with Gasteiger partial charge in [-0.25, -0.2) is 4.79 Å². The fourth-order valence-electron chi connectivity index (χ4n) is 2.39. The molecule has 0 aliphatic rings. The number of hydrogen-bond donors (Lipinski definition) is 1. The summed E-state index contributed by atoms with van der Waals surface area (Å²) in [6.45, 7) is 2.06. The van der Waals surface area contributed by atoms with Crippen molar-refractivity contribution >= 4 is 27.5 Å². The Balaban J connectivity index is 2.49. The van der Waals surface area contributed by atoms with Gasteiger partial charge in [0.2, 0.25) is 0 Å². The zero-order valence-corrected chi connectivity index (χ0v) is 9.97. The van der Waals surface area contributed by atoms with Crippen LogP contribution in [0.2, 0.25) is 0 Å². The normalized spacial score (nSPS) is 10.9. The second-order valence-corrected chi connectivity index (χ2v) is 4.48. The third-order valence-electron chi connectivity index (χ3n) is 3.33. The van der Waals surface area contributed by atoms with E-state index < -0.39 is 5.97 Å². The smallest absolute Gasteiger partial charge is 0.336 e. The summed E-state index contributed by atoms with van der Waals surface area (Å²) in [6, 6.07) is 15.5. The molecule has 0 amide bonds. The summed E-state index contributed by atoms with van der Waals surface area (Å²) < 4.78 is 0. The lowest BCUT2D eigenvalue weighted by Crippen LogP contribution is -1.97. The van der Waals surface area contributed by atoms with Gasteiger partial charge in [0.25, 0.3) is 0 Å². The second kappa shape index (κ2) is 3.84. The minimum Gasteiger partial charge on any atom is -0.478 e. The number of aryl methyl sites for hydroxylation is 1. The molecular formula is C16H12O2. The monoisotopic (exact) mass is 236 g/mol. The van der Waals surface area contributed by atoms with Gasteiger partial charge < -0.3 is 5.11 Å². The summed E-state index contributed by atoms with van der Waals surface area (Å²) in [4.78, 5) is 11.2. The van der Waals surface area contributed by atoms with Crippen LogP contribution in [-0.4, -0.2) is 11.1 Å². The molecule has 0 bridgehead atoms. The van der Waals surface area contributed by atoms with Gasteiger partial charge in [0.15, 0.2) is 0 Å². The molecule has 3 aromatic carbocycles. The van der Waals surface area contributed by atoms with Crippen LogP contribution in [0.15, 0.2) is 48.5 Å². The van der Waals surface area contributed by atoms with Crippen molar-refractivity contribution in [1.82, 2.24) is 0 Å². The summed E-state index contributed by atoms with van der Waals surface area (Å²) in [5.41, 5.74) is 1.56. The maximum atomic E-state index is 11.2. The molecular weight excluding hydrogens is 224 g/mol. The van der Waals surface area contributed by atoms with Crippen LogP contribution in [0.25, 0.3) is 21.5 Å². The highest BCUT2D eigenvalue weighted by molar-refractivity contribution is 6.08. The van der Waals surface area contributed by atoms with Gasteiger partial charge >= 0.3 is 5.97 Å². The topological polar surface area (TPSA) is 37.3 Å². The Labute approximate surface area is 104 Å². The average Bonchev–Trinajstić information content (AvgIpc) is 2.36. The summed E-state index contributed by atoms with van der Waals surface area (Å²) in [5.74, 6) is -0.882. The number of fused-ring (bicyclic) bond motifs is 2. The first-order valence-electron chi connectivity index (χ1n) is 5.82. The van der Waals surface area contributed by atoms with Gasteiger partial charge in [0, 0.05) is 0 Å². The molecule has 1 N–H and O–H groups in total. The van der Waals surface area contributed by atoms with E-state index in [0.717, 1.165) is 16.2 Å². The first kappa shape index (κ1) is 10.8. The Morgan fingerprint density at radius 3 is 2.28 bits per heavy atom. The molecule has 0 radical (unpaired) electrons. The Hall–Kier alpha value is -2.35. The molecule has 0 spiro atoms. The van der Waals surface area contributed by atoms with Crippen molar-refractivity contribution in [3.05, 3.63) is 59.7 Å². The molecule has 0 saturated heterocycles. The molecule has 3 aromatic rings. The zero-order valence-electron chi connectivity index (χ0n) is 9.97. The van der Waals surface area contributed by atoms with E-state index >= 15 is 0 Å². The molecule has 18 heavy (non-hydrogen) atoms. The summed E-state index contributed by atoms with van der Waals surface area (Å²) in [7, 11) is 0. The fraction of sp³-hybridized carbons (Fsp3) is 0.0625. The third-order valence-corrected chi connectivity index (χ3v) is 3.33. The number of hydrogen-bond acceptors (Lipinski definition) is 1. The molecule has 0 aliphatic carbocycles. The first-order valence-corrected chi connectivity index (χ1v) is 5.82. The van der Waals surface area contributed by atoms with Crippen molar-refractivity contribution in [2.75, 3.05) is 0 Å². The molecule has 0 aliphatic heterocycles. The van der Waals surface area contributed by atoms with E-state index in [1.165, 1.54) is 10.9 Å². The lowest BCUT2D eigenvalue weighted by atomic mass is 9.97. The maximum absolute atomic E-state index is 11.2. The van der Waals surface area contributed by atoms with Crippen LogP contribution in [0.4, 0.5) is 0 Å². The quantitative estimate of drug-likeness (QED) is 0.648. The van der Waals surface area contributed by atoms with Gasteiger partial charge in [-0.1, -0.05) is 30.3 Å². The highest BCUT2D eigenvalue weighted by Gasteiger charge is 2.09. The van der Waals surface area contributed by atoms with Crippen molar-refractivity contribution in [3.8, 4) is 0 Å².